The first-order valence-electron chi connectivity index (χ1n) is 11.5. The molecule has 1 amide bonds. The molecule has 0 radical (unpaired) electrons. The summed E-state index contributed by atoms with van der Waals surface area (Å²) in [4.78, 5) is 24.9. The lowest BCUT2D eigenvalue weighted by atomic mass is 10.2. The minimum absolute atomic E-state index is 0. The molecule has 0 aliphatic carbocycles. The van der Waals surface area contributed by atoms with Gasteiger partial charge in [-0.1, -0.05) is 6.07 Å². The van der Waals surface area contributed by atoms with Crippen LogP contribution >= 0.6 is 0 Å². The molecule has 9 nitrogen and oxygen atoms in total. The van der Waals surface area contributed by atoms with Crippen LogP contribution in [0.4, 0.5) is 15.9 Å². The summed E-state index contributed by atoms with van der Waals surface area (Å²) in [6.45, 7) is 4.13. The van der Waals surface area contributed by atoms with E-state index >= 15 is 0 Å². The number of carbonyl (C=O) groups is 1. The van der Waals surface area contributed by atoms with Crippen molar-refractivity contribution >= 4 is 38.3 Å². The Bertz CT molecular complexity index is 1490. The van der Waals surface area contributed by atoms with Gasteiger partial charge in [0.2, 0.25) is 5.91 Å². The van der Waals surface area contributed by atoms with Gasteiger partial charge >= 0.3 is 0 Å². The predicted molar refractivity (Wildman–Crippen MR) is 137 cm³/mol. The molecule has 3 heterocycles. The smallest absolute Gasteiger partial charge is 0.263 e. The lowest BCUT2D eigenvalue weighted by Gasteiger charge is -2.37. The Labute approximate surface area is 209 Å². The molecule has 11 heteroatoms. The zero-order valence-corrected chi connectivity index (χ0v) is 20.4. The maximum absolute atomic E-state index is 14.1. The fourth-order valence-corrected chi connectivity index (χ4v) is 5.45. The Morgan fingerprint density at radius 3 is 2.50 bits per heavy atom. The number of rotatable bonds is 6. The van der Waals surface area contributed by atoms with Crippen LogP contribution in [0, 0.1) is 5.82 Å². The molecule has 36 heavy (non-hydrogen) atoms. The number of aromatic nitrogens is 3. The van der Waals surface area contributed by atoms with Crippen molar-refractivity contribution < 1.29 is 19.0 Å². The Kier molecular flexibility index (Phi) is 6.31. The van der Waals surface area contributed by atoms with Crippen molar-refractivity contribution in [3.63, 3.8) is 0 Å². The quantitative estimate of drug-likeness (QED) is 0.426. The van der Waals surface area contributed by atoms with Crippen molar-refractivity contribution in [1.82, 2.24) is 19.4 Å². The number of hydrogen-bond donors (Lipinski definition) is 1. The molecule has 0 saturated carbocycles. The molecule has 188 valence electrons. The van der Waals surface area contributed by atoms with E-state index in [4.69, 9.17) is 0 Å². The highest BCUT2D eigenvalue weighted by atomic mass is 32.2. The normalized spacial score (nSPS) is 15.2. The second-order valence-electron chi connectivity index (χ2n) is 8.58. The second kappa shape index (κ2) is 9.57. The largest absolute Gasteiger partial charge is 0.368 e. The molecule has 2 aromatic heterocycles. The van der Waals surface area contributed by atoms with Crippen LogP contribution in [0.5, 0.6) is 0 Å². The van der Waals surface area contributed by atoms with Crippen LogP contribution in [0.25, 0.3) is 10.9 Å². The first-order chi connectivity index (χ1) is 17.3. The maximum atomic E-state index is 14.1. The Morgan fingerprint density at radius 2 is 1.81 bits per heavy atom. The van der Waals surface area contributed by atoms with E-state index in [0.29, 0.717) is 37.1 Å². The van der Waals surface area contributed by atoms with Gasteiger partial charge in [-0.15, -0.1) is 0 Å². The van der Waals surface area contributed by atoms with E-state index in [1.54, 1.807) is 42.6 Å². The van der Waals surface area contributed by atoms with Gasteiger partial charge in [0.25, 0.3) is 10.0 Å². The van der Waals surface area contributed by atoms with Crippen LogP contribution in [0.2, 0.25) is 0 Å². The maximum Gasteiger partial charge on any atom is 0.263 e. The van der Waals surface area contributed by atoms with Gasteiger partial charge in [0.05, 0.1) is 10.4 Å². The molecule has 1 saturated heterocycles. The second-order valence-corrected chi connectivity index (χ2v) is 10.3. The lowest BCUT2D eigenvalue weighted by Crippen LogP contribution is -2.50. The highest BCUT2D eigenvalue weighted by Crippen LogP contribution is 2.25. The van der Waals surface area contributed by atoms with Crippen LogP contribution < -0.4 is 9.62 Å². The van der Waals surface area contributed by atoms with E-state index in [2.05, 4.69) is 19.6 Å². The number of hydrogen-bond acceptors (Lipinski definition) is 6. The van der Waals surface area contributed by atoms with Crippen molar-refractivity contribution in [2.24, 2.45) is 0 Å². The molecular weight excluding hydrogens is 483 g/mol. The number of halogens is 1. The van der Waals surface area contributed by atoms with Gasteiger partial charge in [0, 0.05) is 51.1 Å². The van der Waals surface area contributed by atoms with Crippen molar-refractivity contribution in [2.75, 3.05) is 35.8 Å². The highest BCUT2D eigenvalue weighted by Gasteiger charge is 2.27. The van der Waals surface area contributed by atoms with E-state index in [9.17, 15) is 17.6 Å². The summed E-state index contributed by atoms with van der Waals surface area (Å²) in [5.41, 5.74) is 1.57. The summed E-state index contributed by atoms with van der Waals surface area (Å²) in [5, 5.41) is 0.500. The molecule has 0 bridgehead atoms. The minimum atomic E-state index is -3.77. The number of nitrogens with zero attached hydrogens (tertiary/aromatic N) is 5. The first-order valence-corrected chi connectivity index (χ1v) is 13.0. The fraction of sp³-hybridized carbons (Fsp3) is 0.240. The summed E-state index contributed by atoms with van der Waals surface area (Å²) < 4.78 is 43.5. The summed E-state index contributed by atoms with van der Waals surface area (Å²) in [6, 6.07) is 14.2. The van der Waals surface area contributed by atoms with Gasteiger partial charge in [-0.25, -0.2) is 22.8 Å². The van der Waals surface area contributed by atoms with Gasteiger partial charge in [0.15, 0.2) is 0 Å². The van der Waals surface area contributed by atoms with Crippen LogP contribution in [-0.4, -0.2) is 59.9 Å². The lowest BCUT2D eigenvalue weighted by molar-refractivity contribution is -0.134. The fourth-order valence-electron chi connectivity index (χ4n) is 4.44. The van der Waals surface area contributed by atoms with Crippen LogP contribution in [0.15, 0.2) is 78.2 Å². The topological polar surface area (TPSA) is 100 Å². The standard InChI is InChI=1S/C25H25FN6O3S.H2/c1-18(32-12-10-21-22(26)3-2-4-23(21)32)25(33)31-15-13-30(14-16-31)19-5-7-20(8-6-19)36(34,35)29-24-9-11-27-17-28-24;/h2-12,17-18H,13-16H2,1H3,(H,27,28,29);1H/t18-;/m1./s1. The molecular formula is C25H27FN6O3S. The van der Waals surface area contributed by atoms with Crippen LogP contribution in [-0.2, 0) is 14.8 Å². The Morgan fingerprint density at radius 1 is 1.06 bits per heavy atom. The minimum Gasteiger partial charge on any atom is -0.368 e. The van der Waals surface area contributed by atoms with E-state index in [-0.39, 0.29) is 23.9 Å². The van der Waals surface area contributed by atoms with Crippen molar-refractivity contribution in [3.8, 4) is 0 Å². The molecule has 0 spiro atoms. The first kappa shape index (κ1) is 23.7. The van der Waals surface area contributed by atoms with Gasteiger partial charge in [-0.2, -0.15) is 0 Å². The van der Waals surface area contributed by atoms with Gasteiger partial charge < -0.3 is 14.4 Å². The third-order valence-electron chi connectivity index (χ3n) is 6.41. The number of nitrogens with one attached hydrogen (secondary N) is 1. The molecule has 1 atom stereocenters. The van der Waals surface area contributed by atoms with Crippen molar-refractivity contribution in [1.29, 1.82) is 0 Å². The third-order valence-corrected chi connectivity index (χ3v) is 7.78. The summed E-state index contributed by atoms with van der Waals surface area (Å²) in [6.07, 6.45) is 4.48. The molecule has 5 rings (SSSR count). The number of amides is 1. The van der Waals surface area contributed by atoms with E-state index in [1.807, 2.05) is 22.5 Å². The predicted octanol–water partition coefficient (Wildman–Crippen LogP) is 3.53. The zero-order chi connectivity index (χ0) is 25.3. The number of piperazine rings is 1. The van der Waals surface area contributed by atoms with Gasteiger partial charge in [-0.05, 0) is 55.5 Å². The molecule has 2 aromatic carbocycles. The van der Waals surface area contributed by atoms with Crippen LogP contribution in [0.3, 0.4) is 0 Å². The number of carbonyl (C=O) groups excluding carboxylic acids is 1. The van der Waals surface area contributed by atoms with Gasteiger partial charge in [0.1, 0.15) is 24.0 Å². The van der Waals surface area contributed by atoms with E-state index < -0.39 is 16.1 Å². The van der Waals surface area contributed by atoms with E-state index in [1.165, 1.54) is 24.7 Å². The SMILES string of the molecule is C[C@H](C(=O)N1CCN(c2ccc(S(=O)(=O)Nc3ccncn3)cc2)CC1)n1ccc2c(F)cccc21.[HH]. The van der Waals surface area contributed by atoms with E-state index in [0.717, 1.165) is 5.69 Å². The summed E-state index contributed by atoms with van der Waals surface area (Å²) >= 11 is 0. The Balaban J connectivity index is 0.00000320. The average Bonchev–Trinajstić information content (AvgIpc) is 3.34. The number of anilines is 2. The van der Waals surface area contributed by atoms with Crippen molar-refractivity contribution in [2.45, 2.75) is 17.9 Å². The van der Waals surface area contributed by atoms with Gasteiger partial charge in [-0.3, -0.25) is 9.52 Å². The molecule has 1 fully saturated rings. The molecule has 1 aliphatic heterocycles. The highest BCUT2D eigenvalue weighted by molar-refractivity contribution is 7.92. The average molecular weight is 511 g/mol. The summed E-state index contributed by atoms with van der Waals surface area (Å²) in [7, 11) is -3.77. The number of benzene rings is 2. The molecule has 4 aromatic rings. The monoisotopic (exact) mass is 510 g/mol. The number of fused-ring (bicyclic) bond motifs is 1. The zero-order valence-electron chi connectivity index (χ0n) is 19.6. The molecule has 0 unspecified atom stereocenters. The third kappa shape index (κ3) is 4.61. The Hall–Kier alpha value is -3.99. The molecule has 1 N–H and O–H groups in total. The summed E-state index contributed by atoms with van der Waals surface area (Å²) in [5.74, 6) is -0.126. The van der Waals surface area contributed by atoms with Crippen molar-refractivity contribution in [3.05, 3.63) is 79.1 Å². The molecule has 1 aliphatic rings. The van der Waals surface area contributed by atoms with Crippen LogP contribution in [0.1, 0.15) is 14.4 Å². The number of sulfonamides is 1.